The van der Waals surface area contributed by atoms with Crippen molar-refractivity contribution < 1.29 is 9.53 Å². The number of likely N-dealkylation sites (N-methyl/N-ethyl adjacent to an activating group) is 1. The topological polar surface area (TPSA) is 124 Å². The van der Waals surface area contributed by atoms with Crippen LogP contribution in [0.4, 0.5) is 22.2 Å². The van der Waals surface area contributed by atoms with E-state index in [1.807, 2.05) is 17.8 Å². The standard InChI is InChI=1S/C22H31N9O2/c1-16-19(15-31(28-16)18-6-10-29(2)14-18)26-21-25-13-17(12-23)20(27-21)24-7-5-9-30-8-3-4-11-33-22(30)32/h13,15,18H,3-11,14H2,1-2H3,(H2,24,25,26,27). The number of nitrogens with zero attached hydrogens (tertiary/aromatic N) is 7. The summed E-state index contributed by atoms with van der Waals surface area (Å²) in [6.45, 7) is 6.38. The van der Waals surface area contributed by atoms with E-state index in [0.29, 0.717) is 56.0 Å². The molecule has 1 unspecified atom stereocenters. The van der Waals surface area contributed by atoms with Crippen LogP contribution in [0.15, 0.2) is 12.4 Å². The van der Waals surface area contributed by atoms with Crippen LogP contribution < -0.4 is 10.6 Å². The molecule has 176 valence electrons. The quantitative estimate of drug-likeness (QED) is 0.580. The maximum Gasteiger partial charge on any atom is 0.409 e. The van der Waals surface area contributed by atoms with Crippen LogP contribution in [0, 0.1) is 18.3 Å². The Balaban J connectivity index is 1.36. The Bertz CT molecular complexity index is 1020. The monoisotopic (exact) mass is 453 g/mol. The Hall–Kier alpha value is -3.39. The normalized spacial score (nSPS) is 19.1. The van der Waals surface area contributed by atoms with Gasteiger partial charge < -0.3 is 25.2 Å². The summed E-state index contributed by atoms with van der Waals surface area (Å²) in [5.41, 5.74) is 2.09. The third kappa shape index (κ3) is 5.70. The first-order valence-electron chi connectivity index (χ1n) is 11.5. The molecular formula is C22H31N9O2. The van der Waals surface area contributed by atoms with Crippen LogP contribution in [0.3, 0.4) is 0 Å². The van der Waals surface area contributed by atoms with E-state index in [4.69, 9.17) is 4.74 Å². The molecule has 1 atom stereocenters. The molecule has 4 heterocycles. The van der Waals surface area contributed by atoms with Crippen molar-refractivity contribution in [2.24, 2.45) is 0 Å². The van der Waals surface area contributed by atoms with E-state index in [9.17, 15) is 10.1 Å². The van der Waals surface area contributed by atoms with Crippen molar-refractivity contribution in [3.63, 3.8) is 0 Å². The van der Waals surface area contributed by atoms with Gasteiger partial charge in [0.25, 0.3) is 0 Å². The van der Waals surface area contributed by atoms with Crippen molar-refractivity contribution in [1.82, 2.24) is 29.5 Å². The van der Waals surface area contributed by atoms with Crippen LogP contribution in [-0.2, 0) is 4.74 Å². The lowest BCUT2D eigenvalue weighted by atomic mass is 10.3. The van der Waals surface area contributed by atoms with Crippen LogP contribution in [0.1, 0.15) is 43.0 Å². The lowest BCUT2D eigenvalue weighted by molar-refractivity contribution is 0.116. The molecule has 0 saturated carbocycles. The van der Waals surface area contributed by atoms with Crippen molar-refractivity contribution in [3.05, 3.63) is 23.7 Å². The average molecular weight is 454 g/mol. The van der Waals surface area contributed by atoms with Gasteiger partial charge in [0.05, 0.1) is 30.2 Å². The maximum atomic E-state index is 11.9. The van der Waals surface area contributed by atoms with Crippen LogP contribution in [0.25, 0.3) is 0 Å². The molecule has 1 amide bonds. The second kappa shape index (κ2) is 10.5. The number of carbonyl (C=O) groups is 1. The van der Waals surface area contributed by atoms with Crippen LogP contribution >= 0.6 is 0 Å². The fourth-order valence-corrected chi connectivity index (χ4v) is 4.12. The van der Waals surface area contributed by atoms with Gasteiger partial charge in [-0.15, -0.1) is 0 Å². The van der Waals surface area contributed by atoms with E-state index in [0.717, 1.165) is 43.7 Å². The molecule has 2 fully saturated rings. The molecule has 4 rings (SSSR count). The van der Waals surface area contributed by atoms with Gasteiger partial charge in [-0.2, -0.15) is 15.3 Å². The van der Waals surface area contributed by atoms with Crippen molar-refractivity contribution in [2.45, 2.75) is 38.6 Å². The van der Waals surface area contributed by atoms with E-state index in [-0.39, 0.29) is 6.09 Å². The number of aryl methyl sites for hydroxylation is 1. The first-order valence-corrected chi connectivity index (χ1v) is 11.5. The van der Waals surface area contributed by atoms with Gasteiger partial charge in [-0.1, -0.05) is 0 Å². The molecule has 0 aliphatic carbocycles. The van der Waals surface area contributed by atoms with Gasteiger partial charge in [-0.3, -0.25) is 4.68 Å². The van der Waals surface area contributed by atoms with E-state index in [1.165, 1.54) is 6.20 Å². The highest BCUT2D eigenvalue weighted by atomic mass is 16.6. The zero-order valence-electron chi connectivity index (χ0n) is 19.3. The van der Waals surface area contributed by atoms with Crippen LogP contribution in [0.5, 0.6) is 0 Å². The Labute approximate surface area is 193 Å². The van der Waals surface area contributed by atoms with Crippen molar-refractivity contribution in [3.8, 4) is 6.07 Å². The summed E-state index contributed by atoms with van der Waals surface area (Å²) in [5.74, 6) is 0.870. The van der Waals surface area contributed by atoms with Gasteiger partial charge in [-0.25, -0.2) is 9.78 Å². The average Bonchev–Trinajstić information content (AvgIpc) is 3.33. The van der Waals surface area contributed by atoms with Crippen molar-refractivity contribution in [1.29, 1.82) is 5.26 Å². The molecule has 0 spiro atoms. The van der Waals surface area contributed by atoms with Gasteiger partial charge in [-0.05, 0) is 46.2 Å². The van der Waals surface area contributed by atoms with Gasteiger partial charge in [0.2, 0.25) is 5.95 Å². The number of hydrogen-bond acceptors (Lipinski definition) is 9. The van der Waals surface area contributed by atoms with E-state index >= 15 is 0 Å². The number of nitriles is 1. The number of anilines is 3. The smallest absolute Gasteiger partial charge is 0.409 e. The number of cyclic esters (lactones) is 1. The van der Waals surface area contributed by atoms with Crippen molar-refractivity contribution >= 4 is 23.5 Å². The summed E-state index contributed by atoms with van der Waals surface area (Å²) in [4.78, 5) is 24.8. The highest BCUT2D eigenvalue weighted by Crippen LogP contribution is 2.25. The first kappa shape index (κ1) is 22.8. The molecule has 2 aromatic heterocycles. The predicted octanol–water partition coefficient (Wildman–Crippen LogP) is 2.51. The Morgan fingerprint density at radius 2 is 2.21 bits per heavy atom. The molecule has 2 N–H and O–H groups in total. The summed E-state index contributed by atoms with van der Waals surface area (Å²) < 4.78 is 7.19. The second-order valence-corrected chi connectivity index (χ2v) is 8.59. The number of hydrogen-bond donors (Lipinski definition) is 2. The minimum atomic E-state index is -0.251. The molecule has 11 heteroatoms. The highest BCUT2D eigenvalue weighted by Gasteiger charge is 2.23. The summed E-state index contributed by atoms with van der Waals surface area (Å²) in [6.07, 6.45) is 6.90. The van der Waals surface area contributed by atoms with Gasteiger partial charge in [0.1, 0.15) is 17.5 Å². The number of rotatable bonds is 8. The summed E-state index contributed by atoms with van der Waals surface area (Å²) >= 11 is 0. The number of carbonyl (C=O) groups excluding carboxylic acids is 1. The number of nitrogens with one attached hydrogen (secondary N) is 2. The van der Waals surface area contributed by atoms with E-state index in [2.05, 4.69) is 43.7 Å². The summed E-state index contributed by atoms with van der Waals surface area (Å²) in [6, 6.07) is 2.49. The Morgan fingerprint density at radius 1 is 1.33 bits per heavy atom. The Kier molecular flexibility index (Phi) is 7.24. The van der Waals surface area contributed by atoms with E-state index in [1.54, 1.807) is 4.90 Å². The zero-order chi connectivity index (χ0) is 23.2. The van der Waals surface area contributed by atoms with Crippen molar-refractivity contribution in [2.75, 3.05) is 57.0 Å². The molecule has 33 heavy (non-hydrogen) atoms. The highest BCUT2D eigenvalue weighted by molar-refractivity contribution is 5.67. The molecule has 0 aromatic carbocycles. The number of likely N-dealkylation sites (tertiary alicyclic amines) is 1. The predicted molar refractivity (Wildman–Crippen MR) is 123 cm³/mol. The number of amides is 1. The van der Waals surface area contributed by atoms with Gasteiger partial charge in [0.15, 0.2) is 0 Å². The van der Waals surface area contributed by atoms with Gasteiger partial charge >= 0.3 is 6.09 Å². The molecular weight excluding hydrogens is 422 g/mol. The minimum absolute atomic E-state index is 0.251. The molecule has 0 bridgehead atoms. The van der Waals surface area contributed by atoms with Crippen LogP contribution in [-0.4, -0.2) is 82.0 Å². The second-order valence-electron chi connectivity index (χ2n) is 8.59. The van der Waals surface area contributed by atoms with Gasteiger partial charge in [0, 0.05) is 32.4 Å². The maximum absolute atomic E-state index is 11.9. The number of ether oxygens (including phenoxy) is 1. The lowest BCUT2D eigenvalue weighted by Crippen LogP contribution is -2.32. The lowest BCUT2D eigenvalue weighted by Gasteiger charge is -2.19. The molecule has 11 nitrogen and oxygen atoms in total. The van der Waals surface area contributed by atoms with E-state index < -0.39 is 0 Å². The molecule has 2 aromatic rings. The minimum Gasteiger partial charge on any atom is -0.449 e. The number of aromatic nitrogens is 4. The largest absolute Gasteiger partial charge is 0.449 e. The molecule has 2 aliphatic heterocycles. The molecule has 2 saturated heterocycles. The zero-order valence-corrected chi connectivity index (χ0v) is 19.3. The van der Waals surface area contributed by atoms with Crippen LogP contribution in [0.2, 0.25) is 0 Å². The fraction of sp³-hybridized carbons (Fsp3) is 0.591. The SMILES string of the molecule is Cc1nn(C2CCN(C)C2)cc1Nc1ncc(C#N)c(NCCCN2CCCCOC2=O)n1. The molecule has 0 radical (unpaired) electrons. The third-order valence-corrected chi connectivity index (χ3v) is 6.02. The fourth-order valence-electron chi connectivity index (χ4n) is 4.12. The third-order valence-electron chi connectivity index (χ3n) is 6.02. The summed E-state index contributed by atoms with van der Waals surface area (Å²) in [5, 5.41) is 20.5. The first-order chi connectivity index (χ1) is 16.0. The molecule has 2 aliphatic rings. The summed E-state index contributed by atoms with van der Waals surface area (Å²) in [7, 11) is 2.12. The Morgan fingerprint density at radius 3 is 3.00 bits per heavy atom.